The van der Waals surface area contributed by atoms with Gasteiger partial charge >= 0.3 is 12.0 Å². The van der Waals surface area contributed by atoms with E-state index in [4.69, 9.17) is 21.7 Å². The summed E-state index contributed by atoms with van der Waals surface area (Å²) in [4.78, 5) is 34.1. The SMILES string of the molecule is CCCCCCCCCCCCCCCc1cccc(OC)c1C1C(C(=O)OCC)C(C)=NC(=S)N1C(=O)N(C)C. The molecule has 0 saturated carbocycles. The maximum atomic E-state index is 13.4. The maximum absolute atomic E-state index is 13.4. The normalized spacial score (nSPS) is 16.9. The van der Waals surface area contributed by atoms with E-state index in [9.17, 15) is 9.59 Å². The average molecular weight is 588 g/mol. The summed E-state index contributed by atoms with van der Waals surface area (Å²) in [6.07, 6.45) is 17.7. The lowest BCUT2D eigenvalue weighted by molar-refractivity contribution is -0.147. The van der Waals surface area contributed by atoms with Crippen LogP contribution in [-0.4, -0.2) is 60.4 Å². The number of hydrogen-bond acceptors (Lipinski definition) is 5. The summed E-state index contributed by atoms with van der Waals surface area (Å²) < 4.78 is 11.3. The van der Waals surface area contributed by atoms with E-state index >= 15 is 0 Å². The minimum Gasteiger partial charge on any atom is -0.496 e. The number of urea groups is 1. The predicted molar refractivity (Wildman–Crippen MR) is 172 cm³/mol. The summed E-state index contributed by atoms with van der Waals surface area (Å²) in [5.74, 6) is -0.576. The molecule has 0 N–H and O–H groups in total. The van der Waals surface area contributed by atoms with Crippen molar-refractivity contribution in [3.8, 4) is 5.75 Å². The molecular weight excluding hydrogens is 534 g/mol. The molecule has 2 rings (SSSR count). The number of esters is 1. The number of benzene rings is 1. The molecule has 0 aromatic heterocycles. The van der Waals surface area contributed by atoms with Gasteiger partial charge in [0.2, 0.25) is 5.11 Å². The van der Waals surface area contributed by atoms with Crippen molar-refractivity contribution >= 4 is 35.0 Å². The van der Waals surface area contributed by atoms with Crippen molar-refractivity contribution < 1.29 is 19.1 Å². The second kappa shape index (κ2) is 18.9. The quantitative estimate of drug-likeness (QED) is 0.0981. The molecule has 0 spiro atoms. The first-order valence-corrected chi connectivity index (χ1v) is 16.1. The molecule has 7 nitrogen and oxygen atoms in total. The first kappa shape index (κ1) is 34.7. The summed E-state index contributed by atoms with van der Waals surface area (Å²) in [6.45, 7) is 6.06. The Morgan fingerprint density at radius 2 is 1.49 bits per heavy atom. The molecule has 1 heterocycles. The minimum atomic E-state index is -0.785. The van der Waals surface area contributed by atoms with Crippen LogP contribution in [0.15, 0.2) is 23.2 Å². The van der Waals surface area contributed by atoms with Crippen LogP contribution in [0.4, 0.5) is 4.79 Å². The monoisotopic (exact) mass is 587 g/mol. The van der Waals surface area contributed by atoms with E-state index in [1.165, 1.54) is 80.4 Å². The molecule has 230 valence electrons. The first-order chi connectivity index (χ1) is 19.8. The highest BCUT2D eigenvalue weighted by molar-refractivity contribution is 7.80. The Kier molecular flexibility index (Phi) is 16.0. The van der Waals surface area contributed by atoms with Crippen molar-refractivity contribution in [1.82, 2.24) is 9.80 Å². The molecule has 1 aliphatic rings. The van der Waals surface area contributed by atoms with Crippen LogP contribution in [0.1, 0.15) is 121 Å². The summed E-state index contributed by atoms with van der Waals surface area (Å²) >= 11 is 5.60. The van der Waals surface area contributed by atoms with Gasteiger partial charge in [0.25, 0.3) is 0 Å². The molecule has 1 aromatic carbocycles. The molecule has 2 atom stereocenters. The molecule has 0 radical (unpaired) electrons. The zero-order valence-corrected chi connectivity index (χ0v) is 27.2. The van der Waals surface area contributed by atoms with E-state index in [0.29, 0.717) is 11.5 Å². The Bertz CT molecular complexity index is 1010. The fourth-order valence-electron chi connectivity index (χ4n) is 5.67. The summed E-state index contributed by atoms with van der Waals surface area (Å²) in [7, 11) is 4.96. The number of unbranched alkanes of at least 4 members (excludes halogenated alkanes) is 12. The maximum Gasteiger partial charge on any atom is 0.326 e. The van der Waals surface area contributed by atoms with E-state index in [1.807, 2.05) is 12.1 Å². The Hall–Kier alpha value is -2.48. The van der Waals surface area contributed by atoms with Gasteiger partial charge in [0.15, 0.2) is 0 Å². The summed E-state index contributed by atoms with van der Waals surface area (Å²) in [6, 6.07) is 4.89. The van der Waals surface area contributed by atoms with Crippen molar-refractivity contribution in [1.29, 1.82) is 0 Å². The van der Waals surface area contributed by atoms with Gasteiger partial charge in [-0.05, 0) is 50.5 Å². The average Bonchev–Trinajstić information content (AvgIpc) is 2.94. The van der Waals surface area contributed by atoms with Gasteiger partial charge in [-0.2, -0.15) is 0 Å². The van der Waals surface area contributed by atoms with Crippen molar-refractivity contribution in [3.05, 3.63) is 29.3 Å². The zero-order chi connectivity index (χ0) is 30.2. The Morgan fingerprint density at radius 1 is 0.927 bits per heavy atom. The van der Waals surface area contributed by atoms with Gasteiger partial charge in [0.1, 0.15) is 11.7 Å². The van der Waals surface area contributed by atoms with Gasteiger partial charge in [-0.25, -0.2) is 9.79 Å². The number of thiocarbonyl (C=S) groups is 1. The largest absolute Gasteiger partial charge is 0.496 e. The van der Waals surface area contributed by atoms with Crippen LogP contribution in [0.3, 0.4) is 0 Å². The minimum absolute atomic E-state index is 0.143. The van der Waals surface area contributed by atoms with Gasteiger partial charge in [0, 0.05) is 25.4 Å². The van der Waals surface area contributed by atoms with Crippen LogP contribution in [0, 0.1) is 5.92 Å². The number of hydrogen-bond donors (Lipinski definition) is 0. The lowest BCUT2D eigenvalue weighted by atomic mass is 9.83. The highest BCUT2D eigenvalue weighted by Gasteiger charge is 2.46. The van der Waals surface area contributed by atoms with Crippen molar-refractivity contribution in [2.75, 3.05) is 27.8 Å². The molecule has 41 heavy (non-hydrogen) atoms. The number of aliphatic imine (C=N–C) groups is 1. The number of rotatable bonds is 18. The number of aryl methyl sites for hydroxylation is 1. The molecule has 0 saturated heterocycles. The molecule has 0 bridgehead atoms. The smallest absolute Gasteiger partial charge is 0.326 e. The van der Waals surface area contributed by atoms with Crippen molar-refractivity contribution in [2.45, 2.75) is 117 Å². The van der Waals surface area contributed by atoms with E-state index in [1.54, 1.807) is 35.1 Å². The van der Waals surface area contributed by atoms with Crippen LogP contribution in [0.2, 0.25) is 0 Å². The van der Waals surface area contributed by atoms with E-state index in [2.05, 4.69) is 18.0 Å². The standard InChI is InChI=1S/C33H53N3O4S/c1-7-9-10-11-12-13-14-15-16-17-18-19-20-22-26-23-21-24-27(39-6)29(26)30-28(31(37)40-8-2)25(3)34-32(41)36(30)33(38)35(4)5/h21,23-24,28,30H,7-20,22H2,1-6H3. The van der Waals surface area contributed by atoms with Crippen LogP contribution >= 0.6 is 12.2 Å². The lowest BCUT2D eigenvalue weighted by Gasteiger charge is -2.40. The second-order valence-electron chi connectivity index (χ2n) is 11.3. The van der Waals surface area contributed by atoms with Gasteiger partial charge in [-0.1, -0.05) is 96.1 Å². The topological polar surface area (TPSA) is 71.4 Å². The third kappa shape index (κ3) is 10.4. The Balaban J connectivity index is 2.13. The van der Waals surface area contributed by atoms with Gasteiger partial charge in [-0.15, -0.1) is 0 Å². The molecular formula is C33H53N3O4S. The number of amides is 2. The first-order valence-electron chi connectivity index (χ1n) is 15.7. The molecule has 0 fully saturated rings. The number of carbonyl (C=O) groups is 2. The van der Waals surface area contributed by atoms with Crippen LogP contribution < -0.4 is 4.74 Å². The molecule has 0 aliphatic carbocycles. The molecule has 8 heteroatoms. The van der Waals surface area contributed by atoms with Crippen molar-refractivity contribution in [3.63, 3.8) is 0 Å². The van der Waals surface area contributed by atoms with Crippen molar-refractivity contribution in [2.24, 2.45) is 10.9 Å². The Morgan fingerprint density at radius 3 is 2.00 bits per heavy atom. The second-order valence-corrected chi connectivity index (χ2v) is 11.6. The van der Waals surface area contributed by atoms with Gasteiger partial charge < -0.3 is 14.4 Å². The van der Waals surface area contributed by atoms with Crippen LogP contribution in [-0.2, 0) is 16.0 Å². The lowest BCUT2D eigenvalue weighted by Crippen LogP contribution is -2.52. The van der Waals surface area contributed by atoms with Gasteiger partial charge in [-0.3, -0.25) is 9.69 Å². The van der Waals surface area contributed by atoms with E-state index in [0.717, 1.165) is 30.4 Å². The third-order valence-corrected chi connectivity index (χ3v) is 8.16. The number of methoxy groups -OCH3 is 1. The molecule has 1 aromatic rings. The molecule has 2 amide bonds. The number of nitrogens with zero attached hydrogens (tertiary/aromatic N) is 3. The Labute approximate surface area is 254 Å². The summed E-state index contributed by atoms with van der Waals surface area (Å²) in [5.41, 5.74) is 2.40. The highest BCUT2D eigenvalue weighted by Crippen LogP contribution is 2.42. The van der Waals surface area contributed by atoms with Gasteiger partial charge in [0.05, 0.1) is 19.8 Å². The zero-order valence-electron chi connectivity index (χ0n) is 26.4. The molecule has 1 aliphatic heterocycles. The molecule has 2 unspecified atom stereocenters. The van der Waals surface area contributed by atoms with E-state index in [-0.39, 0.29) is 17.8 Å². The fraction of sp³-hybridized carbons (Fsp3) is 0.697. The highest BCUT2D eigenvalue weighted by atomic mass is 32.1. The predicted octanol–water partition coefficient (Wildman–Crippen LogP) is 8.29. The number of carbonyl (C=O) groups excluding carboxylic acids is 2. The van der Waals surface area contributed by atoms with Crippen LogP contribution in [0.5, 0.6) is 5.75 Å². The fourth-order valence-corrected chi connectivity index (χ4v) is 6.00. The number of ether oxygens (including phenoxy) is 2. The summed E-state index contributed by atoms with van der Waals surface area (Å²) in [5, 5.41) is 0.143. The van der Waals surface area contributed by atoms with E-state index < -0.39 is 17.9 Å². The van der Waals surface area contributed by atoms with Crippen LogP contribution in [0.25, 0.3) is 0 Å². The third-order valence-electron chi connectivity index (χ3n) is 7.87.